The van der Waals surface area contributed by atoms with Gasteiger partial charge in [-0.15, -0.1) is 0 Å². The van der Waals surface area contributed by atoms with E-state index >= 15 is 0 Å². The van der Waals surface area contributed by atoms with Gasteiger partial charge in [-0.2, -0.15) is 5.10 Å². The third-order valence-electron chi connectivity index (χ3n) is 2.97. The van der Waals surface area contributed by atoms with E-state index in [2.05, 4.69) is 5.10 Å². The highest BCUT2D eigenvalue weighted by molar-refractivity contribution is 5.86. The van der Waals surface area contributed by atoms with Crippen LogP contribution in [0, 0.1) is 6.92 Å². The van der Waals surface area contributed by atoms with Gasteiger partial charge in [0.05, 0.1) is 19.8 Å². The molecule has 0 saturated heterocycles. The Bertz CT molecular complexity index is 617. The monoisotopic (exact) mass is 260 g/mol. The first kappa shape index (κ1) is 13.1. The molecule has 1 aromatic carbocycles. The second-order valence-electron chi connectivity index (χ2n) is 4.25. The molecule has 0 amide bonds. The molecule has 0 radical (unpaired) electrons. The molecule has 5 nitrogen and oxygen atoms in total. The van der Waals surface area contributed by atoms with Crippen molar-refractivity contribution in [3.05, 3.63) is 29.5 Å². The molecule has 100 valence electrons. The summed E-state index contributed by atoms with van der Waals surface area (Å²) in [5, 5.41) is 4.33. The van der Waals surface area contributed by atoms with Crippen molar-refractivity contribution in [1.29, 1.82) is 0 Å². The fraction of sp³-hybridized carbons (Fsp3) is 0.286. The molecule has 0 aliphatic heterocycles. The van der Waals surface area contributed by atoms with Crippen LogP contribution in [0.25, 0.3) is 11.3 Å². The molecule has 2 rings (SSSR count). The zero-order valence-electron chi connectivity index (χ0n) is 11.4. The summed E-state index contributed by atoms with van der Waals surface area (Å²) >= 11 is 0. The molecule has 0 saturated carbocycles. The second-order valence-corrected chi connectivity index (χ2v) is 4.25. The van der Waals surface area contributed by atoms with Gasteiger partial charge in [-0.3, -0.25) is 9.48 Å². The van der Waals surface area contributed by atoms with Crippen molar-refractivity contribution >= 4 is 6.29 Å². The van der Waals surface area contributed by atoms with E-state index in [1.165, 1.54) is 0 Å². The lowest BCUT2D eigenvalue weighted by atomic mass is 10.0. The minimum Gasteiger partial charge on any atom is -0.493 e. The van der Waals surface area contributed by atoms with Crippen LogP contribution in [-0.4, -0.2) is 30.3 Å². The maximum Gasteiger partial charge on any atom is 0.161 e. The fourth-order valence-corrected chi connectivity index (χ4v) is 2.04. The van der Waals surface area contributed by atoms with Gasteiger partial charge >= 0.3 is 0 Å². The SMILES string of the molecule is COc1cc(C)c(-c2nn(C)cc2C=O)cc1OC. The number of carbonyl (C=O) groups excluding carboxylic acids is 1. The van der Waals surface area contributed by atoms with Crippen molar-refractivity contribution in [2.75, 3.05) is 14.2 Å². The van der Waals surface area contributed by atoms with E-state index in [0.29, 0.717) is 22.8 Å². The van der Waals surface area contributed by atoms with Gasteiger partial charge in [0.25, 0.3) is 0 Å². The van der Waals surface area contributed by atoms with Crippen LogP contribution in [0.2, 0.25) is 0 Å². The van der Waals surface area contributed by atoms with Crippen molar-refractivity contribution in [3.8, 4) is 22.8 Å². The van der Waals surface area contributed by atoms with Crippen LogP contribution in [0.15, 0.2) is 18.3 Å². The fourth-order valence-electron chi connectivity index (χ4n) is 2.04. The summed E-state index contributed by atoms with van der Waals surface area (Å²) in [5.74, 6) is 1.28. The smallest absolute Gasteiger partial charge is 0.161 e. The Kier molecular flexibility index (Phi) is 3.55. The van der Waals surface area contributed by atoms with Gasteiger partial charge in [-0.05, 0) is 24.6 Å². The number of ether oxygens (including phenoxy) is 2. The topological polar surface area (TPSA) is 53.4 Å². The van der Waals surface area contributed by atoms with E-state index in [1.54, 1.807) is 32.1 Å². The van der Waals surface area contributed by atoms with Gasteiger partial charge in [0, 0.05) is 18.8 Å². The Labute approximate surface area is 111 Å². The standard InChI is InChI=1S/C14H16N2O3/c1-9-5-12(18-3)13(19-4)6-11(9)14-10(8-17)7-16(2)15-14/h5-8H,1-4H3. The van der Waals surface area contributed by atoms with E-state index < -0.39 is 0 Å². The molecule has 0 aliphatic rings. The summed E-state index contributed by atoms with van der Waals surface area (Å²) in [4.78, 5) is 11.1. The lowest BCUT2D eigenvalue weighted by Crippen LogP contribution is -1.95. The maximum atomic E-state index is 11.1. The van der Waals surface area contributed by atoms with Crippen molar-refractivity contribution < 1.29 is 14.3 Å². The Hall–Kier alpha value is -2.30. The number of rotatable bonds is 4. The van der Waals surface area contributed by atoms with Crippen LogP contribution in [0.4, 0.5) is 0 Å². The lowest BCUT2D eigenvalue weighted by Gasteiger charge is -2.11. The molecule has 0 bridgehead atoms. The average Bonchev–Trinajstić information content (AvgIpc) is 2.79. The minimum absolute atomic E-state index is 0.554. The largest absolute Gasteiger partial charge is 0.493 e. The summed E-state index contributed by atoms with van der Waals surface area (Å²) in [7, 11) is 4.96. The highest BCUT2D eigenvalue weighted by Crippen LogP contribution is 2.35. The van der Waals surface area contributed by atoms with Gasteiger partial charge in [-0.25, -0.2) is 0 Å². The molecule has 1 heterocycles. The molecular weight excluding hydrogens is 244 g/mol. The number of aromatic nitrogens is 2. The van der Waals surface area contributed by atoms with Gasteiger partial charge in [0.1, 0.15) is 5.69 Å². The predicted molar refractivity (Wildman–Crippen MR) is 71.9 cm³/mol. The van der Waals surface area contributed by atoms with Crippen molar-refractivity contribution in [3.63, 3.8) is 0 Å². The van der Waals surface area contributed by atoms with Gasteiger partial charge in [0.2, 0.25) is 0 Å². The molecule has 0 spiro atoms. The number of carbonyl (C=O) groups is 1. The highest BCUT2D eigenvalue weighted by atomic mass is 16.5. The molecule has 5 heteroatoms. The summed E-state index contributed by atoms with van der Waals surface area (Å²) < 4.78 is 12.2. The van der Waals surface area contributed by atoms with Crippen LogP contribution in [0.5, 0.6) is 11.5 Å². The number of aryl methyl sites for hydroxylation is 2. The number of benzene rings is 1. The Morgan fingerprint density at radius 2 is 1.84 bits per heavy atom. The third-order valence-corrected chi connectivity index (χ3v) is 2.97. The number of methoxy groups -OCH3 is 2. The summed E-state index contributed by atoms with van der Waals surface area (Å²) in [6, 6.07) is 3.71. The molecule has 0 N–H and O–H groups in total. The van der Waals surface area contributed by atoms with E-state index in [-0.39, 0.29) is 0 Å². The normalized spacial score (nSPS) is 10.3. The Morgan fingerprint density at radius 1 is 1.21 bits per heavy atom. The molecule has 0 atom stereocenters. The number of nitrogens with zero attached hydrogens (tertiary/aromatic N) is 2. The van der Waals surface area contributed by atoms with E-state index in [4.69, 9.17) is 9.47 Å². The zero-order chi connectivity index (χ0) is 14.0. The first-order chi connectivity index (χ1) is 9.10. The van der Waals surface area contributed by atoms with Crippen LogP contribution < -0.4 is 9.47 Å². The lowest BCUT2D eigenvalue weighted by molar-refractivity contribution is 0.112. The summed E-state index contributed by atoms with van der Waals surface area (Å²) in [5.41, 5.74) is 3.04. The Morgan fingerprint density at radius 3 is 2.42 bits per heavy atom. The van der Waals surface area contributed by atoms with Gasteiger partial charge in [0.15, 0.2) is 17.8 Å². The molecule has 0 aliphatic carbocycles. The van der Waals surface area contributed by atoms with Crippen LogP contribution in [-0.2, 0) is 7.05 Å². The van der Waals surface area contributed by atoms with Gasteiger partial charge < -0.3 is 9.47 Å². The summed E-state index contributed by atoms with van der Waals surface area (Å²) in [6.07, 6.45) is 2.50. The van der Waals surface area contributed by atoms with E-state index in [0.717, 1.165) is 17.4 Å². The summed E-state index contributed by atoms with van der Waals surface area (Å²) in [6.45, 7) is 1.94. The van der Waals surface area contributed by atoms with Crippen molar-refractivity contribution in [2.45, 2.75) is 6.92 Å². The first-order valence-electron chi connectivity index (χ1n) is 5.82. The molecular formula is C14H16N2O3. The van der Waals surface area contributed by atoms with Crippen LogP contribution >= 0.6 is 0 Å². The molecule has 1 aromatic heterocycles. The van der Waals surface area contributed by atoms with Gasteiger partial charge in [-0.1, -0.05) is 0 Å². The maximum absolute atomic E-state index is 11.1. The van der Waals surface area contributed by atoms with Crippen LogP contribution in [0.3, 0.4) is 0 Å². The predicted octanol–water partition coefficient (Wildman–Crippen LogP) is 2.23. The quantitative estimate of drug-likeness (QED) is 0.791. The van der Waals surface area contributed by atoms with Crippen molar-refractivity contribution in [2.24, 2.45) is 7.05 Å². The first-order valence-corrected chi connectivity index (χ1v) is 5.82. The number of hydrogen-bond acceptors (Lipinski definition) is 4. The molecule has 2 aromatic rings. The molecule has 0 fully saturated rings. The minimum atomic E-state index is 0.554. The zero-order valence-corrected chi connectivity index (χ0v) is 11.4. The molecule has 19 heavy (non-hydrogen) atoms. The number of aldehydes is 1. The third kappa shape index (κ3) is 2.31. The van der Waals surface area contributed by atoms with E-state index in [1.807, 2.05) is 19.1 Å². The highest BCUT2D eigenvalue weighted by Gasteiger charge is 2.15. The Balaban J connectivity index is 2.64. The van der Waals surface area contributed by atoms with Crippen molar-refractivity contribution in [1.82, 2.24) is 9.78 Å². The van der Waals surface area contributed by atoms with E-state index in [9.17, 15) is 4.79 Å². The number of hydrogen-bond donors (Lipinski definition) is 0. The average molecular weight is 260 g/mol. The second kappa shape index (κ2) is 5.14. The molecule has 0 unspecified atom stereocenters. The van der Waals surface area contributed by atoms with Crippen LogP contribution in [0.1, 0.15) is 15.9 Å².